The van der Waals surface area contributed by atoms with Gasteiger partial charge in [-0.3, -0.25) is 0 Å². The Morgan fingerprint density at radius 1 is 1.09 bits per heavy atom. The monoisotopic (exact) mass is 559 g/mol. The minimum Gasteiger partial charge on any atom is -0.381 e. The number of nitrogens with zero attached hydrogens (tertiary/aromatic N) is 2. The Bertz CT molecular complexity index is 708. The molecule has 8 heteroatoms. The normalized spacial score (nSPS) is 24.9. The zero-order valence-electron chi connectivity index (χ0n) is 19.2. The van der Waals surface area contributed by atoms with Gasteiger partial charge >= 0.3 is 0 Å². The lowest BCUT2D eigenvalue weighted by Gasteiger charge is -2.37. The Morgan fingerprint density at radius 2 is 1.91 bits per heavy atom. The third kappa shape index (κ3) is 7.55. The maximum atomic E-state index is 6.08. The van der Waals surface area contributed by atoms with Crippen LogP contribution < -0.4 is 5.32 Å². The highest BCUT2D eigenvalue weighted by atomic mass is 127. The van der Waals surface area contributed by atoms with E-state index in [0.717, 1.165) is 71.1 Å². The standard InChI is InChI=1S/C24H37N3O4.HI/c1-2-25-24(27-10-14-30-23(17-27)22-7-4-11-29-22)26-16-19-5-3-6-20(15-19)18-31-21-8-12-28-13-9-21;/h3,5-6,15,21-23H,2,4,7-14,16-18H2,1H3,(H,25,26);1H. The maximum absolute atomic E-state index is 6.08. The van der Waals surface area contributed by atoms with Gasteiger partial charge in [0.05, 0.1) is 32.0 Å². The number of hydrogen-bond acceptors (Lipinski definition) is 5. The summed E-state index contributed by atoms with van der Waals surface area (Å²) in [5, 5.41) is 3.46. The van der Waals surface area contributed by atoms with Crippen LogP contribution in [-0.4, -0.2) is 75.2 Å². The van der Waals surface area contributed by atoms with Crippen LogP contribution in [0.1, 0.15) is 43.7 Å². The third-order valence-corrected chi connectivity index (χ3v) is 6.16. The van der Waals surface area contributed by atoms with Crippen molar-refractivity contribution >= 4 is 29.9 Å². The summed E-state index contributed by atoms with van der Waals surface area (Å²) in [7, 11) is 0. The summed E-state index contributed by atoms with van der Waals surface area (Å²) in [6.45, 7) is 9.13. The van der Waals surface area contributed by atoms with E-state index in [0.29, 0.717) is 25.9 Å². The first-order chi connectivity index (χ1) is 15.3. The average Bonchev–Trinajstić information content (AvgIpc) is 3.37. The molecule has 0 bridgehead atoms. The molecule has 3 aliphatic heterocycles. The molecule has 3 heterocycles. The number of morpholine rings is 1. The highest BCUT2D eigenvalue weighted by molar-refractivity contribution is 14.0. The number of rotatable bonds is 7. The van der Waals surface area contributed by atoms with Gasteiger partial charge in [0, 0.05) is 39.5 Å². The lowest BCUT2D eigenvalue weighted by atomic mass is 10.1. The van der Waals surface area contributed by atoms with Crippen LogP contribution in [0.5, 0.6) is 0 Å². The van der Waals surface area contributed by atoms with Crippen molar-refractivity contribution in [1.82, 2.24) is 10.2 Å². The summed E-state index contributed by atoms with van der Waals surface area (Å²) >= 11 is 0. The Kier molecular flexibility index (Phi) is 11.0. The van der Waals surface area contributed by atoms with Crippen molar-refractivity contribution in [3.05, 3.63) is 35.4 Å². The summed E-state index contributed by atoms with van der Waals surface area (Å²) in [5.41, 5.74) is 2.40. The van der Waals surface area contributed by atoms with Gasteiger partial charge in [-0.1, -0.05) is 24.3 Å². The topological polar surface area (TPSA) is 64.6 Å². The van der Waals surface area contributed by atoms with Gasteiger partial charge in [-0.2, -0.15) is 0 Å². The van der Waals surface area contributed by atoms with E-state index < -0.39 is 0 Å². The molecule has 0 saturated carbocycles. The molecule has 180 valence electrons. The van der Waals surface area contributed by atoms with Gasteiger partial charge in [0.1, 0.15) is 6.10 Å². The van der Waals surface area contributed by atoms with Crippen molar-refractivity contribution in [2.75, 3.05) is 46.1 Å². The molecule has 1 N–H and O–H groups in total. The first-order valence-electron chi connectivity index (χ1n) is 11.9. The second-order valence-electron chi connectivity index (χ2n) is 8.52. The summed E-state index contributed by atoms with van der Waals surface area (Å²) in [6.07, 6.45) is 4.87. The lowest BCUT2D eigenvalue weighted by Crippen LogP contribution is -2.53. The molecule has 1 aromatic carbocycles. The van der Waals surface area contributed by atoms with Crippen molar-refractivity contribution in [2.45, 2.75) is 64.1 Å². The molecule has 0 spiro atoms. The number of nitrogens with one attached hydrogen (secondary N) is 1. The van der Waals surface area contributed by atoms with E-state index >= 15 is 0 Å². The van der Waals surface area contributed by atoms with Gasteiger partial charge in [0.15, 0.2) is 5.96 Å². The number of aliphatic imine (C=N–C) groups is 1. The minimum atomic E-state index is 0. The Labute approximate surface area is 209 Å². The first-order valence-corrected chi connectivity index (χ1v) is 11.9. The molecule has 32 heavy (non-hydrogen) atoms. The minimum absolute atomic E-state index is 0. The van der Waals surface area contributed by atoms with E-state index in [-0.39, 0.29) is 36.2 Å². The fraction of sp³-hybridized carbons (Fsp3) is 0.708. The third-order valence-electron chi connectivity index (χ3n) is 6.16. The molecule has 3 fully saturated rings. The van der Waals surface area contributed by atoms with Crippen molar-refractivity contribution in [3.8, 4) is 0 Å². The van der Waals surface area contributed by atoms with Gasteiger partial charge < -0.3 is 29.2 Å². The molecule has 0 amide bonds. The lowest BCUT2D eigenvalue weighted by molar-refractivity contribution is -0.0817. The number of benzene rings is 1. The van der Waals surface area contributed by atoms with Crippen molar-refractivity contribution in [2.24, 2.45) is 4.99 Å². The van der Waals surface area contributed by atoms with E-state index in [1.165, 1.54) is 11.1 Å². The van der Waals surface area contributed by atoms with Crippen LogP contribution in [0.2, 0.25) is 0 Å². The molecule has 7 nitrogen and oxygen atoms in total. The molecule has 3 aliphatic rings. The number of hydrogen-bond donors (Lipinski definition) is 1. The van der Waals surface area contributed by atoms with Crippen LogP contribution in [0.15, 0.2) is 29.3 Å². The summed E-state index contributed by atoms with van der Waals surface area (Å²) in [4.78, 5) is 7.25. The predicted molar refractivity (Wildman–Crippen MR) is 136 cm³/mol. The van der Waals surface area contributed by atoms with Crippen LogP contribution in [0, 0.1) is 0 Å². The van der Waals surface area contributed by atoms with Crippen molar-refractivity contribution in [1.29, 1.82) is 0 Å². The van der Waals surface area contributed by atoms with Gasteiger partial charge in [0.25, 0.3) is 0 Å². The van der Waals surface area contributed by atoms with E-state index in [2.05, 4.69) is 41.4 Å². The Hall–Kier alpha value is -0.940. The molecule has 2 atom stereocenters. The first kappa shape index (κ1) is 25.7. The van der Waals surface area contributed by atoms with Gasteiger partial charge in [-0.25, -0.2) is 4.99 Å². The summed E-state index contributed by atoms with van der Waals surface area (Å²) in [5.74, 6) is 0.956. The predicted octanol–water partition coefficient (Wildman–Crippen LogP) is 3.35. The largest absolute Gasteiger partial charge is 0.381 e. The second kappa shape index (κ2) is 13.7. The van der Waals surface area contributed by atoms with E-state index in [1.807, 2.05) is 0 Å². The zero-order chi connectivity index (χ0) is 21.3. The van der Waals surface area contributed by atoms with Gasteiger partial charge in [-0.05, 0) is 43.7 Å². The zero-order valence-corrected chi connectivity index (χ0v) is 21.5. The van der Waals surface area contributed by atoms with Crippen LogP contribution in [0.3, 0.4) is 0 Å². The van der Waals surface area contributed by atoms with Crippen molar-refractivity contribution < 1.29 is 18.9 Å². The van der Waals surface area contributed by atoms with Crippen LogP contribution in [-0.2, 0) is 32.1 Å². The van der Waals surface area contributed by atoms with Gasteiger partial charge in [-0.15, -0.1) is 24.0 Å². The Morgan fingerprint density at radius 3 is 2.69 bits per heavy atom. The molecule has 2 unspecified atom stereocenters. The van der Waals surface area contributed by atoms with E-state index in [4.69, 9.17) is 23.9 Å². The number of halogens is 1. The summed E-state index contributed by atoms with van der Waals surface area (Å²) < 4.78 is 23.4. The van der Waals surface area contributed by atoms with Crippen LogP contribution in [0.4, 0.5) is 0 Å². The molecule has 0 radical (unpaired) electrons. The molecule has 3 saturated heterocycles. The Balaban J connectivity index is 0.00000289. The smallest absolute Gasteiger partial charge is 0.194 e. The van der Waals surface area contributed by atoms with Crippen molar-refractivity contribution in [3.63, 3.8) is 0 Å². The van der Waals surface area contributed by atoms with Crippen LogP contribution >= 0.6 is 24.0 Å². The highest BCUT2D eigenvalue weighted by Gasteiger charge is 2.32. The second-order valence-corrected chi connectivity index (χ2v) is 8.52. The van der Waals surface area contributed by atoms with E-state index in [1.54, 1.807) is 0 Å². The quantitative estimate of drug-likeness (QED) is 0.314. The molecule has 1 aromatic rings. The molecular formula is C24H38IN3O4. The van der Waals surface area contributed by atoms with E-state index in [9.17, 15) is 0 Å². The van der Waals surface area contributed by atoms with Gasteiger partial charge in [0.2, 0.25) is 0 Å². The molecule has 0 aromatic heterocycles. The molecule has 4 rings (SSSR count). The number of ether oxygens (including phenoxy) is 4. The highest BCUT2D eigenvalue weighted by Crippen LogP contribution is 2.21. The summed E-state index contributed by atoms with van der Waals surface area (Å²) in [6, 6.07) is 8.58. The SMILES string of the molecule is CCNC(=NCc1cccc(COC2CCOCC2)c1)N1CCOC(C2CCCO2)C1.I. The van der Waals surface area contributed by atoms with Crippen LogP contribution in [0.25, 0.3) is 0 Å². The molecule has 0 aliphatic carbocycles. The fourth-order valence-electron chi connectivity index (χ4n) is 4.45. The fourth-order valence-corrected chi connectivity index (χ4v) is 4.45. The maximum Gasteiger partial charge on any atom is 0.194 e. The number of guanidine groups is 1. The molecular weight excluding hydrogens is 521 g/mol. The average molecular weight is 559 g/mol.